The predicted octanol–water partition coefficient (Wildman–Crippen LogP) is 10.4. The number of nitrogens with zero attached hydrogens (tertiary/aromatic N) is 1. The third kappa shape index (κ3) is 7.44. The van der Waals surface area contributed by atoms with Crippen LogP contribution in [-0.2, 0) is 6.18 Å². The highest BCUT2D eigenvalue weighted by atomic mass is 32.1. The molecule has 1 aromatic heterocycles. The maximum Gasteiger partial charge on any atom is 0.433 e. The maximum atomic E-state index is 13.8. The highest BCUT2D eigenvalue weighted by molar-refractivity contribution is 7.80. The van der Waals surface area contributed by atoms with E-state index >= 15 is 0 Å². The molecule has 0 amide bonds. The zero-order valence-electron chi connectivity index (χ0n) is 22.0. The zero-order chi connectivity index (χ0) is 28.9. The Morgan fingerprint density at radius 2 is 1.74 bits per heavy atom. The number of benzene rings is 1. The van der Waals surface area contributed by atoms with Crippen molar-refractivity contribution in [2.45, 2.75) is 78.1 Å². The predicted molar refractivity (Wildman–Crippen MR) is 145 cm³/mol. The van der Waals surface area contributed by atoms with Gasteiger partial charge in [-0.05, 0) is 90.6 Å². The summed E-state index contributed by atoms with van der Waals surface area (Å²) in [5.74, 6) is -1.79. The fraction of sp³-hybridized carbons (Fsp3) is 0.400. The van der Waals surface area contributed by atoms with Crippen LogP contribution in [-0.4, -0.2) is 16.0 Å². The van der Waals surface area contributed by atoms with Crippen LogP contribution in [0.15, 0.2) is 53.8 Å². The summed E-state index contributed by atoms with van der Waals surface area (Å²) in [4.78, 5) is 4.01. The summed E-state index contributed by atoms with van der Waals surface area (Å²) in [6.07, 6.45) is -0.583. The molecule has 2 aromatic rings. The van der Waals surface area contributed by atoms with Gasteiger partial charge in [-0.3, -0.25) is 4.98 Å². The smallest absolute Gasteiger partial charge is 0.251 e. The van der Waals surface area contributed by atoms with Gasteiger partial charge >= 0.3 is 6.18 Å². The third-order valence-electron chi connectivity index (χ3n) is 6.75. The molecule has 0 spiro atoms. The first kappa shape index (κ1) is 30.7. The normalized spacial score (nSPS) is 17.7. The fourth-order valence-corrected chi connectivity index (χ4v) is 5.19. The molecule has 1 unspecified atom stereocenters. The second-order valence-corrected chi connectivity index (χ2v) is 10.0. The molecule has 1 heterocycles. The summed E-state index contributed by atoms with van der Waals surface area (Å²) in [5.41, 5.74) is 3.42. The lowest BCUT2D eigenvalue weighted by atomic mass is 9.93. The van der Waals surface area contributed by atoms with Crippen LogP contribution in [0.2, 0.25) is 0 Å². The molecule has 0 saturated carbocycles. The van der Waals surface area contributed by atoms with E-state index < -0.39 is 29.7 Å². The molecule has 0 aliphatic heterocycles. The van der Waals surface area contributed by atoms with Gasteiger partial charge in [0, 0.05) is 29.1 Å². The summed E-state index contributed by atoms with van der Waals surface area (Å²) in [7, 11) is 0. The van der Waals surface area contributed by atoms with Crippen LogP contribution in [0.5, 0.6) is 0 Å². The number of rotatable bonds is 6. The number of halogens is 7. The topological polar surface area (TPSA) is 12.9 Å². The van der Waals surface area contributed by atoms with E-state index in [2.05, 4.69) is 4.98 Å². The van der Waals surface area contributed by atoms with Crippen LogP contribution in [0.1, 0.15) is 86.7 Å². The van der Waals surface area contributed by atoms with Gasteiger partial charge in [0.15, 0.2) is 5.69 Å². The Kier molecular flexibility index (Phi) is 10.3. The highest BCUT2D eigenvalue weighted by Crippen LogP contribution is 2.42. The van der Waals surface area contributed by atoms with Gasteiger partial charge in [0.25, 0.3) is 0 Å². The number of alkyl halides is 4. The molecule has 0 bridgehead atoms. The molecule has 1 nitrogen and oxygen atoms in total. The maximum absolute atomic E-state index is 13.8. The van der Waals surface area contributed by atoms with Crippen molar-refractivity contribution in [2.75, 3.05) is 0 Å². The molecule has 1 aromatic carbocycles. The molecular formula is C30H30F7NS. The first-order chi connectivity index (χ1) is 18.4. The van der Waals surface area contributed by atoms with Gasteiger partial charge in [0.2, 0.25) is 0 Å². The van der Waals surface area contributed by atoms with Crippen molar-refractivity contribution >= 4 is 28.2 Å². The van der Waals surface area contributed by atoms with E-state index in [4.69, 9.17) is 12.2 Å². The number of thiocarbonyl (C=S) groups is 1. The van der Waals surface area contributed by atoms with Gasteiger partial charge in [-0.2, -0.15) is 13.2 Å². The SMILES string of the molecule is CCC1=C(F)C=C(F)CC1F.CCCC(=S)c1cc(C2=C(c3cc(F)ccc3C)CCC2)cnc1C(F)(F)F. The van der Waals surface area contributed by atoms with Gasteiger partial charge < -0.3 is 0 Å². The fourth-order valence-electron chi connectivity index (χ4n) is 4.83. The number of pyridine rings is 1. The lowest BCUT2D eigenvalue weighted by Crippen LogP contribution is -2.15. The van der Waals surface area contributed by atoms with E-state index in [9.17, 15) is 30.7 Å². The summed E-state index contributed by atoms with van der Waals surface area (Å²) < 4.78 is 91.8. The van der Waals surface area contributed by atoms with Crippen LogP contribution < -0.4 is 0 Å². The Bertz CT molecular complexity index is 1320. The van der Waals surface area contributed by atoms with Crippen LogP contribution in [0, 0.1) is 12.7 Å². The second-order valence-electron chi connectivity index (χ2n) is 9.55. The average molecular weight is 570 g/mol. The Hall–Kier alpha value is -2.81. The first-order valence-electron chi connectivity index (χ1n) is 12.8. The molecule has 210 valence electrons. The van der Waals surface area contributed by atoms with Crippen molar-refractivity contribution < 1.29 is 30.7 Å². The molecular weight excluding hydrogens is 539 g/mol. The molecule has 1 atom stereocenters. The molecule has 0 fully saturated rings. The van der Waals surface area contributed by atoms with Gasteiger partial charge in [-0.1, -0.05) is 38.6 Å². The molecule has 39 heavy (non-hydrogen) atoms. The lowest BCUT2D eigenvalue weighted by molar-refractivity contribution is -0.141. The molecule has 0 saturated heterocycles. The first-order valence-corrected chi connectivity index (χ1v) is 13.3. The van der Waals surface area contributed by atoms with Crippen molar-refractivity contribution in [1.82, 2.24) is 4.98 Å². The van der Waals surface area contributed by atoms with Gasteiger partial charge in [-0.15, -0.1) is 0 Å². The minimum Gasteiger partial charge on any atom is -0.251 e. The van der Waals surface area contributed by atoms with Crippen molar-refractivity contribution in [3.8, 4) is 0 Å². The van der Waals surface area contributed by atoms with Crippen LogP contribution in [0.25, 0.3) is 11.1 Å². The van der Waals surface area contributed by atoms with Crippen molar-refractivity contribution in [3.63, 3.8) is 0 Å². The van der Waals surface area contributed by atoms with Crippen LogP contribution in [0.4, 0.5) is 30.7 Å². The summed E-state index contributed by atoms with van der Waals surface area (Å²) in [5, 5.41) is 0. The van der Waals surface area contributed by atoms with Crippen molar-refractivity contribution in [2.24, 2.45) is 0 Å². The van der Waals surface area contributed by atoms with Gasteiger partial charge in [0.1, 0.15) is 23.6 Å². The molecule has 4 rings (SSSR count). The standard InChI is InChI=1S/C22H21F4NS.C8H9F3/c1-3-5-20(28)19-10-14(12-27-21(19)22(24,25)26)16-6-4-7-17(16)18-11-15(23)9-8-13(18)2;1-2-6-7(10)3-5(9)4-8(6)11/h8-12H,3-7H2,1-2H3;3,8H,2,4H2,1H3. The summed E-state index contributed by atoms with van der Waals surface area (Å²) in [6, 6.07) is 6.15. The monoisotopic (exact) mass is 569 g/mol. The minimum absolute atomic E-state index is 0.0171. The Labute approximate surface area is 229 Å². The Morgan fingerprint density at radius 1 is 1.05 bits per heavy atom. The van der Waals surface area contributed by atoms with Crippen molar-refractivity contribution in [1.29, 1.82) is 0 Å². The highest BCUT2D eigenvalue weighted by Gasteiger charge is 2.36. The molecule has 9 heteroatoms. The zero-order valence-corrected chi connectivity index (χ0v) is 22.8. The van der Waals surface area contributed by atoms with Crippen LogP contribution >= 0.6 is 12.2 Å². The lowest BCUT2D eigenvalue weighted by Gasteiger charge is -2.16. The van der Waals surface area contributed by atoms with Crippen LogP contribution in [0.3, 0.4) is 0 Å². The molecule has 0 radical (unpaired) electrons. The average Bonchev–Trinajstić information content (AvgIpc) is 3.34. The number of hydrogen-bond donors (Lipinski definition) is 0. The van der Waals surface area contributed by atoms with Gasteiger partial charge in [0.05, 0.1) is 0 Å². The number of allylic oxidation sites excluding steroid dienone is 6. The molecule has 2 aliphatic rings. The summed E-state index contributed by atoms with van der Waals surface area (Å²) in [6.45, 7) is 5.43. The number of aromatic nitrogens is 1. The van der Waals surface area contributed by atoms with E-state index in [1.165, 1.54) is 24.4 Å². The minimum atomic E-state index is -4.56. The summed E-state index contributed by atoms with van der Waals surface area (Å²) >= 11 is 5.27. The second kappa shape index (κ2) is 13.0. The Balaban J connectivity index is 0.000000320. The quantitative estimate of drug-likeness (QED) is 0.195. The van der Waals surface area contributed by atoms with E-state index in [0.717, 1.165) is 47.6 Å². The van der Waals surface area contributed by atoms with Crippen molar-refractivity contribution in [3.05, 3.63) is 87.5 Å². The third-order valence-corrected chi connectivity index (χ3v) is 7.17. The van der Waals surface area contributed by atoms with E-state index in [0.29, 0.717) is 24.8 Å². The van der Waals surface area contributed by atoms with Gasteiger partial charge in [-0.25, -0.2) is 17.6 Å². The molecule has 2 aliphatic carbocycles. The van der Waals surface area contributed by atoms with E-state index in [1.807, 2.05) is 13.8 Å². The molecule has 0 N–H and O–H groups in total. The number of hydrogen-bond acceptors (Lipinski definition) is 2. The largest absolute Gasteiger partial charge is 0.433 e. The number of aryl methyl sites for hydroxylation is 1. The van der Waals surface area contributed by atoms with E-state index in [-0.39, 0.29) is 28.2 Å². The Morgan fingerprint density at radius 3 is 2.36 bits per heavy atom. The van der Waals surface area contributed by atoms with E-state index in [1.54, 1.807) is 13.0 Å².